The van der Waals surface area contributed by atoms with Crippen LogP contribution in [0.5, 0.6) is 0 Å². The van der Waals surface area contributed by atoms with Gasteiger partial charge in [-0.25, -0.2) is 9.78 Å². The molecule has 0 bridgehead atoms. The number of pyridine rings is 1. The van der Waals surface area contributed by atoms with Gasteiger partial charge in [0.25, 0.3) is 0 Å². The number of anilines is 1. The van der Waals surface area contributed by atoms with Gasteiger partial charge in [-0.1, -0.05) is 0 Å². The minimum Gasteiger partial charge on any atom is -0.327 e. The lowest BCUT2D eigenvalue weighted by Crippen LogP contribution is -2.32. The second-order valence-corrected chi connectivity index (χ2v) is 3.69. The molecule has 1 N–H and O–H groups in total. The minimum atomic E-state index is -4.49. The number of urea groups is 1. The van der Waals surface area contributed by atoms with Gasteiger partial charge in [0.05, 0.1) is 18.1 Å². The van der Waals surface area contributed by atoms with Crippen molar-refractivity contribution in [2.45, 2.75) is 12.6 Å². The highest BCUT2D eigenvalue weighted by Crippen LogP contribution is 2.29. The van der Waals surface area contributed by atoms with Crippen molar-refractivity contribution in [3.8, 4) is 6.07 Å². The third-order valence-electron chi connectivity index (χ3n) is 2.23. The zero-order chi connectivity index (χ0) is 14.5. The van der Waals surface area contributed by atoms with E-state index in [0.29, 0.717) is 0 Å². The number of nitrogens with one attached hydrogen (secondary N) is 1. The van der Waals surface area contributed by atoms with E-state index in [1.165, 1.54) is 11.9 Å². The predicted molar refractivity (Wildman–Crippen MR) is 61.1 cm³/mol. The number of carbonyl (C=O) groups excluding carboxylic acids is 1. The van der Waals surface area contributed by atoms with Gasteiger partial charge in [0.15, 0.2) is 0 Å². The first kappa shape index (κ1) is 14.8. The lowest BCUT2D eigenvalue weighted by Gasteiger charge is -2.16. The number of amides is 2. The number of nitriles is 1. The monoisotopic (exact) mass is 272 g/mol. The fourth-order valence-electron chi connectivity index (χ4n) is 1.20. The van der Waals surface area contributed by atoms with Crippen LogP contribution in [0.15, 0.2) is 18.3 Å². The summed E-state index contributed by atoms with van der Waals surface area (Å²) < 4.78 is 37.3. The Hall–Kier alpha value is -2.30. The van der Waals surface area contributed by atoms with E-state index >= 15 is 0 Å². The maximum atomic E-state index is 12.4. The molecule has 0 spiro atoms. The quantitative estimate of drug-likeness (QED) is 0.919. The fourth-order valence-corrected chi connectivity index (χ4v) is 1.20. The zero-order valence-corrected chi connectivity index (χ0v) is 10.0. The van der Waals surface area contributed by atoms with Gasteiger partial charge in [-0.05, 0) is 12.1 Å². The summed E-state index contributed by atoms with van der Waals surface area (Å²) in [6, 6.07) is 2.80. The summed E-state index contributed by atoms with van der Waals surface area (Å²) in [7, 11) is 1.43. The van der Waals surface area contributed by atoms with Crippen molar-refractivity contribution in [2.24, 2.45) is 0 Å². The summed E-state index contributed by atoms with van der Waals surface area (Å²) in [6.45, 7) is 0.182. The molecule has 0 aliphatic carbocycles. The highest BCUT2D eigenvalue weighted by molar-refractivity contribution is 5.88. The Morgan fingerprint density at radius 2 is 2.26 bits per heavy atom. The smallest absolute Gasteiger partial charge is 0.327 e. The van der Waals surface area contributed by atoms with E-state index in [4.69, 9.17) is 5.26 Å². The predicted octanol–water partition coefficient (Wildman–Crippen LogP) is 2.48. The SMILES string of the molecule is CN(CCC#N)C(=O)Nc1cc(C(F)(F)F)ccn1. The number of nitrogens with zero attached hydrogens (tertiary/aromatic N) is 3. The lowest BCUT2D eigenvalue weighted by molar-refractivity contribution is -0.137. The van der Waals surface area contributed by atoms with Crippen LogP contribution in [0.2, 0.25) is 0 Å². The first-order valence-corrected chi connectivity index (χ1v) is 5.27. The Morgan fingerprint density at radius 1 is 1.58 bits per heavy atom. The van der Waals surface area contributed by atoms with E-state index in [2.05, 4.69) is 10.3 Å². The number of rotatable bonds is 3. The summed E-state index contributed by atoms with van der Waals surface area (Å²) in [4.78, 5) is 16.4. The number of carbonyl (C=O) groups is 1. The molecule has 0 atom stereocenters. The van der Waals surface area contributed by atoms with Crippen molar-refractivity contribution in [1.29, 1.82) is 5.26 Å². The number of hydrogen-bond acceptors (Lipinski definition) is 3. The minimum absolute atomic E-state index is 0.139. The van der Waals surface area contributed by atoms with Crippen LogP contribution in [0.4, 0.5) is 23.8 Å². The molecule has 1 rings (SSSR count). The summed E-state index contributed by atoms with van der Waals surface area (Å²) in [6.07, 6.45) is -3.39. The van der Waals surface area contributed by atoms with Crippen LogP contribution in [-0.4, -0.2) is 29.5 Å². The van der Waals surface area contributed by atoms with Gasteiger partial charge in [-0.2, -0.15) is 18.4 Å². The second-order valence-electron chi connectivity index (χ2n) is 3.69. The molecule has 0 fully saturated rings. The van der Waals surface area contributed by atoms with Crippen molar-refractivity contribution in [1.82, 2.24) is 9.88 Å². The largest absolute Gasteiger partial charge is 0.416 e. The van der Waals surface area contributed by atoms with Crippen LogP contribution < -0.4 is 5.32 Å². The third kappa shape index (κ3) is 4.46. The van der Waals surface area contributed by atoms with Gasteiger partial charge < -0.3 is 4.90 Å². The number of alkyl halides is 3. The highest BCUT2D eigenvalue weighted by atomic mass is 19.4. The molecule has 0 saturated carbocycles. The van der Waals surface area contributed by atoms with Crippen molar-refractivity contribution in [3.05, 3.63) is 23.9 Å². The van der Waals surface area contributed by atoms with Crippen LogP contribution in [-0.2, 0) is 6.18 Å². The first-order valence-electron chi connectivity index (χ1n) is 5.27. The van der Waals surface area contributed by atoms with Crippen molar-refractivity contribution >= 4 is 11.8 Å². The van der Waals surface area contributed by atoms with Gasteiger partial charge in [0, 0.05) is 19.8 Å². The zero-order valence-electron chi connectivity index (χ0n) is 10.0. The standard InChI is InChI=1S/C11H11F3N4O/c1-18(6-2-4-15)10(19)17-9-7-8(3-5-16-9)11(12,13)14/h3,5,7H,2,6H2,1H3,(H,16,17,19). The summed E-state index contributed by atoms with van der Waals surface area (Å²) >= 11 is 0. The summed E-state index contributed by atoms with van der Waals surface area (Å²) in [5, 5.41) is 10.6. The fraction of sp³-hybridized carbons (Fsp3) is 0.364. The Morgan fingerprint density at radius 3 is 2.84 bits per heavy atom. The van der Waals surface area contributed by atoms with Crippen LogP contribution >= 0.6 is 0 Å². The van der Waals surface area contributed by atoms with Crippen LogP contribution in [0.25, 0.3) is 0 Å². The van der Waals surface area contributed by atoms with Crippen molar-refractivity contribution in [2.75, 3.05) is 18.9 Å². The van der Waals surface area contributed by atoms with E-state index in [1.54, 1.807) is 0 Å². The molecule has 0 unspecified atom stereocenters. The van der Waals surface area contributed by atoms with E-state index in [1.807, 2.05) is 6.07 Å². The first-order chi connectivity index (χ1) is 8.84. The number of aromatic nitrogens is 1. The Labute approximate surface area is 107 Å². The molecule has 2 amide bonds. The van der Waals surface area contributed by atoms with Gasteiger partial charge >= 0.3 is 12.2 Å². The number of halogens is 3. The highest BCUT2D eigenvalue weighted by Gasteiger charge is 2.30. The molecule has 5 nitrogen and oxygen atoms in total. The average Bonchev–Trinajstić information content (AvgIpc) is 2.35. The molecule has 1 heterocycles. The Kier molecular flexibility index (Phi) is 4.69. The van der Waals surface area contributed by atoms with Gasteiger partial charge in [-0.15, -0.1) is 0 Å². The summed E-state index contributed by atoms with van der Waals surface area (Å²) in [5.74, 6) is -0.191. The maximum absolute atomic E-state index is 12.4. The van der Waals surface area contributed by atoms with E-state index in [9.17, 15) is 18.0 Å². The van der Waals surface area contributed by atoms with E-state index in [-0.39, 0.29) is 18.8 Å². The second kappa shape index (κ2) is 6.04. The molecule has 0 aliphatic heterocycles. The molecule has 1 aromatic rings. The molecule has 1 aromatic heterocycles. The third-order valence-corrected chi connectivity index (χ3v) is 2.23. The summed E-state index contributed by atoms with van der Waals surface area (Å²) in [5.41, 5.74) is -0.891. The molecule has 8 heteroatoms. The molecule has 0 saturated heterocycles. The van der Waals surface area contributed by atoms with Crippen molar-refractivity contribution < 1.29 is 18.0 Å². The normalized spacial score (nSPS) is 10.7. The molecule has 0 radical (unpaired) electrons. The van der Waals surface area contributed by atoms with Crippen LogP contribution in [0, 0.1) is 11.3 Å². The van der Waals surface area contributed by atoms with Gasteiger partial charge in [0.2, 0.25) is 0 Å². The Balaban J connectivity index is 2.73. The van der Waals surface area contributed by atoms with E-state index < -0.39 is 17.8 Å². The topological polar surface area (TPSA) is 69.0 Å². The maximum Gasteiger partial charge on any atom is 0.416 e. The van der Waals surface area contributed by atoms with Crippen molar-refractivity contribution in [3.63, 3.8) is 0 Å². The molecule has 102 valence electrons. The molecule has 0 aromatic carbocycles. The average molecular weight is 272 g/mol. The van der Waals surface area contributed by atoms with Crippen LogP contribution in [0.1, 0.15) is 12.0 Å². The molecule has 19 heavy (non-hydrogen) atoms. The van der Waals surface area contributed by atoms with Crippen LogP contribution in [0.3, 0.4) is 0 Å². The number of hydrogen-bond donors (Lipinski definition) is 1. The van der Waals surface area contributed by atoms with Gasteiger partial charge in [-0.3, -0.25) is 5.32 Å². The molecular weight excluding hydrogens is 261 g/mol. The molecule has 0 aliphatic rings. The molecular formula is C11H11F3N4O. The van der Waals surface area contributed by atoms with Gasteiger partial charge in [0.1, 0.15) is 5.82 Å². The van der Waals surface area contributed by atoms with E-state index in [0.717, 1.165) is 18.3 Å². The lowest BCUT2D eigenvalue weighted by atomic mass is 10.2. The Bertz CT molecular complexity index is 495.